The van der Waals surface area contributed by atoms with Crippen LogP contribution in [0, 0.1) is 3.57 Å². The Kier molecular flexibility index (Phi) is 4.71. The summed E-state index contributed by atoms with van der Waals surface area (Å²) in [5.41, 5.74) is 0.834. The number of sulfone groups is 1. The number of ketones is 1. The summed E-state index contributed by atoms with van der Waals surface area (Å²) in [5.74, 6) is -1.20. The summed E-state index contributed by atoms with van der Waals surface area (Å²) in [7, 11) is -3.98. The highest BCUT2D eigenvalue weighted by atomic mass is 127. The van der Waals surface area contributed by atoms with E-state index >= 15 is 0 Å². The van der Waals surface area contributed by atoms with Crippen molar-refractivity contribution in [1.82, 2.24) is 20.2 Å². The summed E-state index contributed by atoms with van der Waals surface area (Å²) in [4.78, 5) is 12.3. The first-order chi connectivity index (χ1) is 11.5. The second-order valence-electron chi connectivity index (χ2n) is 4.90. The average molecular weight is 454 g/mol. The average Bonchev–Trinajstić information content (AvgIpc) is 3.06. The number of benzene rings is 2. The molecular weight excluding hydrogens is 443 g/mol. The summed E-state index contributed by atoms with van der Waals surface area (Å²) in [5, 5.41) is 10.4. The van der Waals surface area contributed by atoms with Crippen molar-refractivity contribution < 1.29 is 13.2 Å². The highest BCUT2D eigenvalue weighted by molar-refractivity contribution is 14.1. The molecule has 0 unspecified atom stereocenters. The molecule has 1 heterocycles. The number of tetrazole rings is 1. The largest absolute Gasteiger partial charge is 0.293 e. The van der Waals surface area contributed by atoms with Crippen LogP contribution in [0.5, 0.6) is 0 Å². The van der Waals surface area contributed by atoms with Crippen LogP contribution in [0.2, 0.25) is 0 Å². The van der Waals surface area contributed by atoms with Crippen molar-refractivity contribution in [2.45, 2.75) is 5.16 Å². The van der Waals surface area contributed by atoms with Gasteiger partial charge in [-0.1, -0.05) is 35.4 Å². The molecule has 122 valence electrons. The van der Waals surface area contributed by atoms with Gasteiger partial charge in [-0.05, 0) is 57.3 Å². The van der Waals surface area contributed by atoms with Crippen LogP contribution in [0.25, 0.3) is 5.69 Å². The van der Waals surface area contributed by atoms with Crippen LogP contribution in [-0.2, 0) is 9.84 Å². The van der Waals surface area contributed by atoms with E-state index in [9.17, 15) is 13.2 Å². The Labute approximate surface area is 151 Å². The molecule has 0 aliphatic carbocycles. The second-order valence-corrected chi connectivity index (χ2v) is 8.03. The minimum Gasteiger partial charge on any atom is -0.293 e. The lowest BCUT2D eigenvalue weighted by Crippen LogP contribution is -2.20. The van der Waals surface area contributed by atoms with Gasteiger partial charge in [0.1, 0.15) is 5.75 Å². The standard InChI is InChI=1S/C15H11IN4O3S/c16-12-8-6-11(7-9-12)14(21)10-24(22,23)15-17-18-19-20(15)13-4-2-1-3-5-13/h1-9H,10H2. The van der Waals surface area contributed by atoms with Crippen LogP contribution >= 0.6 is 22.6 Å². The smallest absolute Gasteiger partial charge is 0.272 e. The lowest BCUT2D eigenvalue weighted by atomic mass is 10.2. The Balaban J connectivity index is 1.91. The number of hydrogen-bond donors (Lipinski definition) is 0. The molecule has 0 saturated carbocycles. The Morgan fingerprint density at radius 1 is 1.04 bits per heavy atom. The number of halogens is 1. The van der Waals surface area contributed by atoms with Crippen LogP contribution in [0.3, 0.4) is 0 Å². The molecule has 0 aliphatic heterocycles. The van der Waals surface area contributed by atoms with Crippen molar-refractivity contribution in [2.75, 3.05) is 5.75 Å². The van der Waals surface area contributed by atoms with Gasteiger partial charge in [0, 0.05) is 9.13 Å². The molecule has 0 bridgehead atoms. The molecule has 0 saturated heterocycles. The molecule has 0 N–H and O–H groups in total. The van der Waals surface area contributed by atoms with Gasteiger partial charge in [-0.25, -0.2) is 8.42 Å². The van der Waals surface area contributed by atoms with Crippen molar-refractivity contribution in [3.8, 4) is 5.69 Å². The van der Waals surface area contributed by atoms with Crippen LogP contribution in [-0.4, -0.2) is 40.2 Å². The Morgan fingerprint density at radius 2 is 1.71 bits per heavy atom. The molecule has 3 rings (SSSR count). The second kappa shape index (κ2) is 6.77. The fraction of sp³-hybridized carbons (Fsp3) is 0.0667. The molecule has 3 aromatic rings. The normalized spacial score (nSPS) is 11.4. The molecule has 24 heavy (non-hydrogen) atoms. The number of hydrogen-bond acceptors (Lipinski definition) is 6. The SMILES string of the molecule is O=C(CS(=O)(=O)c1nnnn1-c1ccccc1)c1ccc(I)cc1. The third-order valence-corrected chi connectivity index (χ3v) is 5.38. The molecule has 9 heteroatoms. The minimum atomic E-state index is -3.98. The molecule has 1 aromatic heterocycles. The first-order valence-electron chi connectivity index (χ1n) is 6.83. The number of aromatic nitrogens is 4. The van der Waals surface area contributed by atoms with Crippen molar-refractivity contribution in [2.24, 2.45) is 0 Å². The summed E-state index contributed by atoms with van der Waals surface area (Å²) < 4.78 is 27.2. The van der Waals surface area contributed by atoms with E-state index in [1.54, 1.807) is 54.6 Å². The zero-order chi connectivity index (χ0) is 17.2. The Bertz CT molecular complexity index is 969. The number of para-hydroxylation sites is 1. The third-order valence-electron chi connectivity index (χ3n) is 3.21. The van der Waals surface area contributed by atoms with Crippen molar-refractivity contribution >= 4 is 38.2 Å². The predicted octanol–water partition coefficient (Wildman–Crippen LogP) is 1.92. The van der Waals surface area contributed by atoms with Gasteiger partial charge < -0.3 is 0 Å². The maximum atomic E-state index is 12.6. The fourth-order valence-electron chi connectivity index (χ4n) is 2.06. The first-order valence-corrected chi connectivity index (χ1v) is 9.56. The first kappa shape index (κ1) is 16.7. The van der Waals surface area contributed by atoms with Gasteiger partial charge in [0.05, 0.1) is 5.69 Å². The molecule has 2 aromatic carbocycles. The quantitative estimate of drug-likeness (QED) is 0.432. The summed E-state index contributed by atoms with van der Waals surface area (Å²) in [6.45, 7) is 0. The van der Waals surface area contributed by atoms with E-state index in [1.807, 2.05) is 0 Å². The fourth-order valence-corrected chi connectivity index (χ4v) is 3.63. The molecule has 0 fully saturated rings. The zero-order valence-corrected chi connectivity index (χ0v) is 15.2. The summed E-state index contributed by atoms with van der Waals surface area (Å²) in [6, 6.07) is 15.3. The van der Waals surface area contributed by atoms with Crippen LogP contribution in [0.4, 0.5) is 0 Å². The van der Waals surface area contributed by atoms with Gasteiger partial charge in [-0.2, -0.15) is 4.68 Å². The third kappa shape index (κ3) is 3.51. The van der Waals surface area contributed by atoms with E-state index in [0.29, 0.717) is 11.3 Å². The van der Waals surface area contributed by atoms with E-state index in [1.165, 1.54) is 0 Å². The van der Waals surface area contributed by atoms with Crippen molar-refractivity contribution in [1.29, 1.82) is 0 Å². The van der Waals surface area contributed by atoms with Gasteiger partial charge >= 0.3 is 0 Å². The molecule has 7 nitrogen and oxygen atoms in total. The Morgan fingerprint density at radius 3 is 2.38 bits per heavy atom. The van der Waals surface area contributed by atoms with E-state index < -0.39 is 21.4 Å². The minimum absolute atomic E-state index is 0.331. The van der Waals surface area contributed by atoms with E-state index in [-0.39, 0.29) is 5.16 Å². The lowest BCUT2D eigenvalue weighted by molar-refractivity contribution is 0.102. The summed E-state index contributed by atoms with van der Waals surface area (Å²) in [6.07, 6.45) is 0. The molecule has 0 amide bonds. The van der Waals surface area contributed by atoms with Crippen LogP contribution < -0.4 is 0 Å². The molecule has 0 radical (unpaired) electrons. The van der Waals surface area contributed by atoms with Gasteiger partial charge in [-0.15, -0.1) is 0 Å². The van der Waals surface area contributed by atoms with Crippen LogP contribution in [0.15, 0.2) is 59.8 Å². The number of carbonyl (C=O) groups is 1. The van der Waals surface area contributed by atoms with Crippen molar-refractivity contribution in [3.05, 3.63) is 63.7 Å². The molecule has 0 aliphatic rings. The zero-order valence-electron chi connectivity index (χ0n) is 12.2. The van der Waals surface area contributed by atoms with E-state index in [0.717, 1.165) is 8.25 Å². The van der Waals surface area contributed by atoms with E-state index in [2.05, 4.69) is 38.1 Å². The highest BCUT2D eigenvalue weighted by Gasteiger charge is 2.27. The highest BCUT2D eigenvalue weighted by Crippen LogP contribution is 2.15. The molecule has 0 spiro atoms. The Hall–Kier alpha value is -2.14. The topological polar surface area (TPSA) is 94.8 Å². The van der Waals surface area contributed by atoms with Gasteiger partial charge in [0.15, 0.2) is 5.78 Å². The maximum absolute atomic E-state index is 12.6. The number of carbonyl (C=O) groups excluding carboxylic acids is 1. The maximum Gasteiger partial charge on any atom is 0.272 e. The lowest BCUT2D eigenvalue weighted by Gasteiger charge is -2.05. The summed E-state index contributed by atoms with van der Waals surface area (Å²) >= 11 is 2.11. The molecular formula is C15H11IN4O3S. The van der Waals surface area contributed by atoms with E-state index in [4.69, 9.17) is 0 Å². The van der Waals surface area contributed by atoms with Gasteiger partial charge in [0.2, 0.25) is 9.84 Å². The van der Waals surface area contributed by atoms with Crippen molar-refractivity contribution in [3.63, 3.8) is 0 Å². The van der Waals surface area contributed by atoms with Crippen LogP contribution in [0.1, 0.15) is 10.4 Å². The van der Waals surface area contributed by atoms with Gasteiger partial charge in [-0.3, -0.25) is 4.79 Å². The van der Waals surface area contributed by atoms with Gasteiger partial charge in [0.25, 0.3) is 5.16 Å². The monoisotopic (exact) mass is 454 g/mol. The predicted molar refractivity (Wildman–Crippen MR) is 94.7 cm³/mol. The number of nitrogens with zero attached hydrogens (tertiary/aromatic N) is 4. The molecule has 0 atom stereocenters. The number of Topliss-reactive ketones (excluding diaryl/α,β-unsaturated/α-hetero) is 1. The number of rotatable bonds is 5.